The van der Waals surface area contributed by atoms with E-state index in [1.165, 1.54) is 6.07 Å². The van der Waals surface area contributed by atoms with Crippen molar-refractivity contribution in [2.24, 2.45) is 5.73 Å². The van der Waals surface area contributed by atoms with E-state index in [1.807, 2.05) is 6.92 Å². The second-order valence-corrected chi connectivity index (χ2v) is 4.14. The van der Waals surface area contributed by atoms with Crippen LogP contribution in [0.5, 0.6) is 0 Å². The van der Waals surface area contributed by atoms with Crippen LogP contribution in [0.2, 0.25) is 0 Å². The summed E-state index contributed by atoms with van der Waals surface area (Å²) in [6.07, 6.45) is 1.39. The number of hydrogen-bond acceptors (Lipinski definition) is 4. The SMILES string of the molecule is CCC[C@H](N)C(=O)Nc1ccc(C)c([N+](=O)[O-])c1. The van der Waals surface area contributed by atoms with E-state index in [9.17, 15) is 14.9 Å². The third-order valence-corrected chi connectivity index (χ3v) is 2.61. The van der Waals surface area contributed by atoms with Crippen molar-refractivity contribution in [3.8, 4) is 0 Å². The van der Waals surface area contributed by atoms with Crippen molar-refractivity contribution in [3.05, 3.63) is 33.9 Å². The summed E-state index contributed by atoms with van der Waals surface area (Å²) in [5.74, 6) is -0.324. The fraction of sp³-hybridized carbons (Fsp3) is 0.417. The monoisotopic (exact) mass is 251 g/mol. The molecule has 0 heterocycles. The van der Waals surface area contributed by atoms with Crippen molar-refractivity contribution >= 4 is 17.3 Å². The summed E-state index contributed by atoms with van der Waals surface area (Å²) in [6.45, 7) is 3.58. The van der Waals surface area contributed by atoms with Gasteiger partial charge in [0.25, 0.3) is 5.69 Å². The summed E-state index contributed by atoms with van der Waals surface area (Å²) in [7, 11) is 0. The Morgan fingerprint density at radius 3 is 2.78 bits per heavy atom. The van der Waals surface area contributed by atoms with Crippen LogP contribution in [0.4, 0.5) is 11.4 Å². The lowest BCUT2D eigenvalue weighted by Gasteiger charge is -2.11. The number of nitrogens with one attached hydrogen (secondary N) is 1. The number of nitrogens with two attached hydrogens (primary N) is 1. The first kappa shape index (κ1) is 14.1. The first-order chi connectivity index (χ1) is 8.45. The van der Waals surface area contributed by atoms with Gasteiger partial charge in [-0.2, -0.15) is 0 Å². The molecule has 0 saturated heterocycles. The maximum absolute atomic E-state index is 11.7. The normalized spacial score (nSPS) is 11.9. The number of nitro groups is 1. The average molecular weight is 251 g/mol. The van der Waals surface area contributed by atoms with Crippen molar-refractivity contribution in [1.82, 2.24) is 0 Å². The number of aryl methyl sites for hydroxylation is 1. The molecule has 0 aliphatic rings. The molecule has 1 amide bonds. The third kappa shape index (κ3) is 3.53. The minimum atomic E-state index is -0.588. The molecule has 0 saturated carbocycles. The van der Waals surface area contributed by atoms with Crippen LogP contribution < -0.4 is 11.1 Å². The molecule has 6 heteroatoms. The maximum Gasteiger partial charge on any atom is 0.274 e. The summed E-state index contributed by atoms with van der Waals surface area (Å²) in [6, 6.07) is 3.97. The fourth-order valence-corrected chi connectivity index (χ4v) is 1.56. The highest BCUT2D eigenvalue weighted by Crippen LogP contribution is 2.22. The number of rotatable bonds is 5. The van der Waals surface area contributed by atoms with Gasteiger partial charge in [0.05, 0.1) is 11.0 Å². The van der Waals surface area contributed by atoms with Crippen molar-refractivity contribution in [2.75, 3.05) is 5.32 Å². The van der Waals surface area contributed by atoms with Gasteiger partial charge in [0, 0.05) is 17.3 Å². The lowest BCUT2D eigenvalue weighted by molar-refractivity contribution is -0.385. The summed E-state index contributed by atoms with van der Waals surface area (Å²) >= 11 is 0. The number of nitro benzene ring substituents is 1. The molecular formula is C12H17N3O3. The quantitative estimate of drug-likeness (QED) is 0.617. The molecule has 0 bridgehead atoms. The van der Waals surface area contributed by atoms with Gasteiger partial charge in [0.2, 0.25) is 5.91 Å². The minimum Gasteiger partial charge on any atom is -0.324 e. The zero-order chi connectivity index (χ0) is 13.7. The Balaban J connectivity index is 2.82. The molecule has 0 aromatic heterocycles. The zero-order valence-electron chi connectivity index (χ0n) is 10.5. The van der Waals surface area contributed by atoms with Crippen molar-refractivity contribution < 1.29 is 9.72 Å². The maximum atomic E-state index is 11.7. The van der Waals surface area contributed by atoms with Gasteiger partial charge in [-0.05, 0) is 19.4 Å². The van der Waals surface area contributed by atoms with Crippen LogP contribution in [0.1, 0.15) is 25.3 Å². The number of anilines is 1. The smallest absolute Gasteiger partial charge is 0.274 e. The molecule has 18 heavy (non-hydrogen) atoms. The third-order valence-electron chi connectivity index (χ3n) is 2.61. The van der Waals surface area contributed by atoms with E-state index >= 15 is 0 Å². The van der Waals surface area contributed by atoms with Gasteiger partial charge < -0.3 is 11.1 Å². The highest BCUT2D eigenvalue weighted by Gasteiger charge is 2.15. The molecule has 1 rings (SSSR count). The molecule has 1 atom stereocenters. The molecule has 0 radical (unpaired) electrons. The molecular weight excluding hydrogens is 234 g/mol. The number of amides is 1. The molecule has 0 fully saturated rings. The van der Waals surface area contributed by atoms with Gasteiger partial charge in [-0.3, -0.25) is 14.9 Å². The average Bonchev–Trinajstić information content (AvgIpc) is 2.31. The first-order valence-corrected chi connectivity index (χ1v) is 5.77. The van der Waals surface area contributed by atoms with Crippen LogP contribution in [-0.4, -0.2) is 16.9 Å². The second-order valence-electron chi connectivity index (χ2n) is 4.14. The van der Waals surface area contributed by atoms with Crippen LogP contribution in [0.15, 0.2) is 18.2 Å². The van der Waals surface area contributed by atoms with E-state index in [2.05, 4.69) is 5.32 Å². The van der Waals surface area contributed by atoms with E-state index in [0.717, 1.165) is 6.42 Å². The molecule has 0 aliphatic carbocycles. The van der Waals surface area contributed by atoms with Crippen LogP contribution >= 0.6 is 0 Å². The van der Waals surface area contributed by atoms with Gasteiger partial charge in [-0.15, -0.1) is 0 Å². The molecule has 0 spiro atoms. The Labute approximate surface area is 105 Å². The molecule has 98 valence electrons. The molecule has 6 nitrogen and oxygen atoms in total. The van der Waals surface area contributed by atoms with E-state index < -0.39 is 11.0 Å². The van der Waals surface area contributed by atoms with Crippen LogP contribution in [0.3, 0.4) is 0 Å². The Kier molecular flexibility index (Phi) is 4.79. The predicted octanol–water partition coefficient (Wildman–Crippen LogP) is 1.97. The van der Waals surface area contributed by atoms with E-state index in [1.54, 1.807) is 19.1 Å². The highest BCUT2D eigenvalue weighted by atomic mass is 16.6. The lowest BCUT2D eigenvalue weighted by atomic mass is 10.1. The van der Waals surface area contributed by atoms with Gasteiger partial charge in [0.15, 0.2) is 0 Å². The van der Waals surface area contributed by atoms with E-state index in [4.69, 9.17) is 5.73 Å². The Hall–Kier alpha value is -1.95. The van der Waals surface area contributed by atoms with Gasteiger partial charge in [-0.25, -0.2) is 0 Å². The highest BCUT2D eigenvalue weighted by molar-refractivity contribution is 5.94. The number of benzene rings is 1. The van der Waals surface area contributed by atoms with Crippen LogP contribution in [0, 0.1) is 17.0 Å². The number of nitrogens with zero attached hydrogens (tertiary/aromatic N) is 1. The van der Waals surface area contributed by atoms with Gasteiger partial charge in [0.1, 0.15) is 0 Å². The molecule has 3 N–H and O–H groups in total. The fourth-order valence-electron chi connectivity index (χ4n) is 1.56. The summed E-state index contributed by atoms with van der Waals surface area (Å²) in [4.78, 5) is 22.0. The van der Waals surface area contributed by atoms with E-state index in [0.29, 0.717) is 17.7 Å². The number of carbonyl (C=O) groups excluding carboxylic acids is 1. The largest absolute Gasteiger partial charge is 0.324 e. The Morgan fingerprint density at radius 2 is 2.22 bits per heavy atom. The van der Waals surface area contributed by atoms with Crippen LogP contribution in [0.25, 0.3) is 0 Å². The number of hydrogen-bond donors (Lipinski definition) is 2. The second kappa shape index (κ2) is 6.11. The first-order valence-electron chi connectivity index (χ1n) is 5.77. The summed E-state index contributed by atoms with van der Waals surface area (Å²) in [5.41, 5.74) is 6.58. The molecule has 0 unspecified atom stereocenters. The Morgan fingerprint density at radius 1 is 1.56 bits per heavy atom. The van der Waals surface area contributed by atoms with Gasteiger partial charge in [-0.1, -0.05) is 19.4 Å². The standard InChI is InChI=1S/C12H17N3O3/c1-3-4-10(13)12(16)14-9-6-5-8(2)11(7-9)15(17)18/h5-7,10H,3-4,13H2,1-2H3,(H,14,16)/t10-/m0/s1. The van der Waals surface area contributed by atoms with Crippen molar-refractivity contribution in [2.45, 2.75) is 32.7 Å². The molecule has 0 aliphatic heterocycles. The zero-order valence-corrected chi connectivity index (χ0v) is 10.5. The molecule has 1 aromatic carbocycles. The molecule has 1 aromatic rings. The lowest BCUT2D eigenvalue weighted by Crippen LogP contribution is -2.35. The predicted molar refractivity (Wildman–Crippen MR) is 69.3 cm³/mol. The minimum absolute atomic E-state index is 0.0168. The summed E-state index contributed by atoms with van der Waals surface area (Å²) in [5, 5.41) is 13.3. The van der Waals surface area contributed by atoms with Crippen molar-refractivity contribution in [1.29, 1.82) is 0 Å². The van der Waals surface area contributed by atoms with E-state index in [-0.39, 0.29) is 11.6 Å². The van der Waals surface area contributed by atoms with Crippen molar-refractivity contribution in [3.63, 3.8) is 0 Å². The topological polar surface area (TPSA) is 98.3 Å². The summed E-state index contributed by atoms with van der Waals surface area (Å²) < 4.78 is 0. The van der Waals surface area contributed by atoms with Gasteiger partial charge >= 0.3 is 0 Å². The van der Waals surface area contributed by atoms with Crippen LogP contribution in [-0.2, 0) is 4.79 Å². The Bertz CT molecular complexity index is 460. The number of carbonyl (C=O) groups is 1.